The molecule has 2 heterocycles. The van der Waals surface area contributed by atoms with E-state index in [1.807, 2.05) is 12.1 Å². The molecule has 112 valence electrons. The molecule has 3 atom stereocenters. The molecule has 1 aromatic rings. The highest BCUT2D eigenvalue weighted by molar-refractivity contribution is 5.97. The molecule has 21 heavy (non-hydrogen) atoms. The van der Waals surface area contributed by atoms with E-state index in [1.54, 1.807) is 11.8 Å². The average Bonchev–Trinajstić information content (AvgIpc) is 2.89. The zero-order valence-electron chi connectivity index (χ0n) is 12.4. The van der Waals surface area contributed by atoms with Crippen LogP contribution in [0.3, 0.4) is 0 Å². The van der Waals surface area contributed by atoms with Gasteiger partial charge in [0, 0.05) is 19.1 Å². The molecule has 2 saturated heterocycles. The number of hydrogen-bond donors (Lipinski definition) is 2. The molecule has 5 heteroatoms. The molecule has 2 fully saturated rings. The maximum atomic E-state index is 12.1. The molecule has 1 aromatic carbocycles. The van der Waals surface area contributed by atoms with Gasteiger partial charge in [0.2, 0.25) is 11.8 Å². The van der Waals surface area contributed by atoms with Crippen molar-refractivity contribution in [3.63, 3.8) is 0 Å². The Morgan fingerprint density at radius 3 is 2.86 bits per heavy atom. The predicted molar refractivity (Wildman–Crippen MR) is 79.5 cm³/mol. The number of benzene rings is 1. The van der Waals surface area contributed by atoms with Gasteiger partial charge in [0.05, 0.1) is 0 Å². The van der Waals surface area contributed by atoms with Gasteiger partial charge in [-0.1, -0.05) is 24.3 Å². The monoisotopic (exact) mass is 287 g/mol. The Balaban J connectivity index is 1.63. The number of amides is 2. The summed E-state index contributed by atoms with van der Waals surface area (Å²) in [5, 5.41) is 6.22. The number of nitrogens with one attached hydrogen (secondary N) is 2. The molecular weight excluding hydrogens is 266 g/mol. The molecule has 0 aromatic heterocycles. The van der Waals surface area contributed by atoms with Gasteiger partial charge in [0.15, 0.2) is 0 Å². The summed E-state index contributed by atoms with van der Waals surface area (Å²) in [7, 11) is 0. The zero-order chi connectivity index (χ0) is 15.0. The minimum absolute atomic E-state index is 0.0257. The van der Waals surface area contributed by atoms with Gasteiger partial charge in [-0.05, 0) is 31.4 Å². The zero-order valence-corrected chi connectivity index (χ0v) is 12.4. The van der Waals surface area contributed by atoms with Crippen LogP contribution in [0.1, 0.15) is 24.5 Å². The number of nitrogens with zero attached hydrogens (tertiary/aromatic N) is 1. The largest absolute Gasteiger partial charge is 0.343 e. The summed E-state index contributed by atoms with van der Waals surface area (Å²) >= 11 is 0. The van der Waals surface area contributed by atoms with Gasteiger partial charge in [-0.25, -0.2) is 0 Å². The summed E-state index contributed by atoms with van der Waals surface area (Å²) in [6.45, 7) is 5.22. The number of carbonyl (C=O) groups is 2. The lowest BCUT2D eigenvalue weighted by atomic mass is 10.1. The lowest BCUT2D eigenvalue weighted by Gasteiger charge is -2.32. The number of carbonyl (C=O) groups excluding carboxylic acids is 2. The topological polar surface area (TPSA) is 61.4 Å². The Hall–Kier alpha value is -1.88. The van der Waals surface area contributed by atoms with Gasteiger partial charge in [-0.2, -0.15) is 0 Å². The smallest absolute Gasteiger partial charge is 0.245 e. The van der Waals surface area contributed by atoms with Gasteiger partial charge < -0.3 is 15.5 Å². The fourth-order valence-corrected chi connectivity index (χ4v) is 3.16. The second-order valence-corrected chi connectivity index (χ2v) is 5.98. The summed E-state index contributed by atoms with van der Waals surface area (Å²) in [5.41, 5.74) is 2.51. The molecule has 2 N–H and O–H groups in total. The second-order valence-electron chi connectivity index (χ2n) is 5.98. The van der Waals surface area contributed by atoms with Crippen LogP contribution in [0.5, 0.6) is 0 Å². The Kier molecular flexibility index (Phi) is 3.68. The molecule has 5 nitrogen and oxygen atoms in total. The lowest BCUT2D eigenvalue weighted by Crippen LogP contribution is -2.60. The highest BCUT2D eigenvalue weighted by Crippen LogP contribution is 2.23. The van der Waals surface area contributed by atoms with E-state index in [9.17, 15) is 9.59 Å². The van der Waals surface area contributed by atoms with Crippen LogP contribution in [-0.2, 0) is 16.1 Å². The molecule has 3 rings (SSSR count). The molecule has 0 unspecified atom stereocenters. The summed E-state index contributed by atoms with van der Waals surface area (Å²) in [6, 6.07) is 7.72. The van der Waals surface area contributed by atoms with E-state index in [0.29, 0.717) is 13.0 Å². The van der Waals surface area contributed by atoms with Crippen molar-refractivity contribution in [2.24, 2.45) is 0 Å². The van der Waals surface area contributed by atoms with Gasteiger partial charge in [-0.15, -0.1) is 0 Å². The number of fused-ring (bicyclic) bond motifs is 1. The first-order valence-electron chi connectivity index (χ1n) is 7.45. The first-order valence-corrected chi connectivity index (χ1v) is 7.45. The van der Waals surface area contributed by atoms with Gasteiger partial charge in [0.1, 0.15) is 12.1 Å². The standard InChI is InChI=1S/C16H21N3O2/c1-10-5-3-4-6-12(10)8-17-13-7-14-15(20)18-11(2)16(21)19(14)9-13/h3-6,11,13-14,17H,7-9H2,1-2H3,(H,18,20)/t11-,13-,14-/m0/s1. The van der Waals surface area contributed by atoms with Crippen molar-refractivity contribution >= 4 is 11.8 Å². The van der Waals surface area contributed by atoms with Crippen molar-refractivity contribution in [3.05, 3.63) is 35.4 Å². The van der Waals surface area contributed by atoms with Crippen molar-refractivity contribution in [3.8, 4) is 0 Å². The third-order valence-electron chi connectivity index (χ3n) is 4.46. The van der Waals surface area contributed by atoms with E-state index in [2.05, 4.69) is 29.7 Å². The Bertz CT molecular complexity index is 572. The van der Waals surface area contributed by atoms with Crippen LogP contribution in [-0.4, -0.2) is 41.4 Å². The van der Waals surface area contributed by atoms with E-state index < -0.39 is 6.04 Å². The van der Waals surface area contributed by atoms with Gasteiger partial charge >= 0.3 is 0 Å². The van der Waals surface area contributed by atoms with Crippen molar-refractivity contribution in [2.45, 2.75) is 44.9 Å². The van der Waals surface area contributed by atoms with Crippen molar-refractivity contribution < 1.29 is 9.59 Å². The highest BCUT2D eigenvalue weighted by atomic mass is 16.2. The fraction of sp³-hybridized carbons (Fsp3) is 0.500. The summed E-state index contributed by atoms with van der Waals surface area (Å²) < 4.78 is 0. The quantitative estimate of drug-likeness (QED) is 0.854. The third-order valence-corrected chi connectivity index (χ3v) is 4.46. The SMILES string of the molecule is Cc1ccccc1CN[C@H]1C[C@H]2C(=O)N[C@@H](C)C(=O)N2C1. The van der Waals surface area contributed by atoms with Crippen molar-refractivity contribution in [1.29, 1.82) is 0 Å². The first-order chi connectivity index (χ1) is 10.1. The van der Waals surface area contributed by atoms with Crippen LogP contribution in [0.15, 0.2) is 24.3 Å². The summed E-state index contributed by atoms with van der Waals surface area (Å²) in [6.07, 6.45) is 0.691. The van der Waals surface area contributed by atoms with E-state index in [4.69, 9.17) is 0 Å². The maximum absolute atomic E-state index is 12.1. The average molecular weight is 287 g/mol. The number of aryl methyl sites for hydroxylation is 1. The molecule has 2 amide bonds. The number of hydrogen-bond acceptors (Lipinski definition) is 3. The number of rotatable bonds is 3. The van der Waals surface area contributed by atoms with Crippen LogP contribution < -0.4 is 10.6 Å². The minimum atomic E-state index is -0.399. The van der Waals surface area contributed by atoms with Crippen LogP contribution in [0, 0.1) is 6.92 Å². The van der Waals surface area contributed by atoms with Crippen LogP contribution >= 0.6 is 0 Å². The molecule has 0 saturated carbocycles. The summed E-state index contributed by atoms with van der Waals surface area (Å²) in [5.74, 6) is 0.00193. The third kappa shape index (κ3) is 2.65. The first kappa shape index (κ1) is 14.1. The molecule has 2 aliphatic rings. The molecule has 0 spiro atoms. The second kappa shape index (κ2) is 5.48. The van der Waals surface area contributed by atoms with Crippen molar-refractivity contribution in [2.75, 3.05) is 6.54 Å². The van der Waals surface area contributed by atoms with Crippen LogP contribution in [0.2, 0.25) is 0 Å². The normalized spacial score (nSPS) is 28.5. The molecule has 0 bridgehead atoms. The van der Waals surface area contributed by atoms with Gasteiger partial charge in [-0.3, -0.25) is 9.59 Å². The Morgan fingerprint density at radius 1 is 1.33 bits per heavy atom. The Labute approximate surface area is 124 Å². The van der Waals surface area contributed by atoms with E-state index in [0.717, 1.165) is 6.54 Å². The van der Waals surface area contributed by atoms with E-state index >= 15 is 0 Å². The molecule has 2 aliphatic heterocycles. The molecule has 0 aliphatic carbocycles. The van der Waals surface area contributed by atoms with Crippen molar-refractivity contribution in [1.82, 2.24) is 15.5 Å². The van der Waals surface area contributed by atoms with Crippen LogP contribution in [0.4, 0.5) is 0 Å². The molecular formula is C16H21N3O2. The minimum Gasteiger partial charge on any atom is -0.343 e. The van der Waals surface area contributed by atoms with Gasteiger partial charge in [0.25, 0.3) is 0 Å². The fourth-order valence-electron chi connectivity index (χ4n) is 3.16. The van der Waals surface area contributed by atoms with E-state index in [-0.39, 0.29) is 23.9 Å². The Morgan fingerprint density at radius 2 is 2.10 bits per heavy atom. The number of piperazine rings is 1. The highest BCUT2D eigenvalue weighted by Gasteiger charge is 2.44. The summed E-state index contributed by atoms with van der Waals surface area (Å²) in [4.78, 5) is 25.8. The van der Waals surface area contributed by atoms with E-state index in [1.165, 1.54) is 11.1 Å². The van der Waals surface area contributed by atoms with Crippen LogP contribution in [0.25, 0.3) is 0 Å². The maximum Gasteiger partial charge on any atom is 0.245 e. The predicted octanol–water partition coefficient (Wildman–Crippen LogP) is 0.572. The lowest BCUT2D eigenvalue weighted by molar-refractivity contribution is -0.146. The molecule has 0 radical (unpaired) electrons.